The van der Waals surface area contributed by atoms with Gasteiger partial charge in [-0.2, -0.15) is 0 Å². The van der Waals surface area contributed by atoms with Crippen LogP contribution >= 0.6 is 11.3 Å². The molecule has 0 amide bonds. The van der Waals surface area contributed by atoms with Crippen LogP contribution in [-0.4, -0.2) is 0 Å². The Kier molecular flexibility index (Phi) is 4.63. The molecule has 96 valence electrons. The first-order valence-electron chi connectivity index (χ1n) is 6.99. The summed E-state index contributed by atoms with van der Waals surface area (Å²) in [6.07, 6.45) is 9.69. The molecule has 1 atom stereocenters. The molecule has 2 N–H and O–H groups in total. The quantitative estimate of drug-likeness (QED) is 0.772. The second-order valence-corrected chi connectivity index (χ2v) is 7.03. The van der Waals surface area contributed by atoms with E-state index in [4.69, 9.17) is 5.73 Å². The van der Waals surface area contributed by atoms with E-state index in [-0.39, 0.29) is 6.04 Å². The van der Waals surface area contributed by atoms with E-state index in [1.807, 2.05) is 11.3 Å². The van der Waals surface area contributed by atoms with E-state index in [9.17, 15) is 0 Å². The molecule has 0 spiro atoms. The average Bonchev–Trinajstić information content (AvgIpc) is 2.51. The molecule has 1 aliphatic rings. The van der Waals surface area contributed by atoms with Gasteiger partial charge in [0.1, 0.15) is 0 Å². The van der Waals surface area contributed by atoms with E-state index in [0.29, 0.717) is 0 Å². The molecule has 1 aromatic rings. The largest absolute Gasteiger partial charge is 0.324 e. The van der Waals surface area contributed by atoms with Gasteiger partial charge in [-0.05, 0) is 37.8 Å². The lowest BCUT2D eigenvalue weighted by atomic mass is 9.90. The number of aryl methyl sites for hydroxylation is 2. The summed E-state index contributed by atoms with van der Waals surface area (Å²) in [7, 11) is 0. The van der Waals surface area contributed by atoms with Crippen LogP contribution in [0.3, 0.4) is 0 Å². The maximum absolute atomic E-state index is 6.40. The zero-order chi connectivity index (χ0) is 12.3. The van der Waals surface area contributed by atoms with Crippen molar-refractivity contribution in [3.05, 3.63) is 21.4 Å². The predicted octanol–water partition coefficient (Wildman–Crippen LogP) is 4.73. The third-order valence-corrected chi connectivity index (χ3v) is 5.02. The van der Waals surface area contributed by atoms with Crippen LogP contribution < -0.4 is 5.73 Å². The molecule has 0 aromatic carbocycles. The van der Waals surface area contributed by atoms with E-state index >= 15 is 0 Å². The number of thiophene rings is 1. The molecule has 1 nitrogen and oxygen atoms in total. The van der Waals surface area contributed by atoms with Gasteiger partial charge in [-0.25, -0.2) is 0 Å². The highest BCUT2D eigenvalue weighted by Gasteiger charge is 2.18. The monoisotopic (exact) mass is 251 g/mol. The van der Waals surface area contributed by atoms with Gasteiger partial charge in [0.15, 0.2) is 0 Å². The van der Waals surface area contributed by atoms with Crippen LogP contribution in [0.25, 0.3) is 0 Å². The average molecular weight is 251 g/mol. The van der Waals surface area contributed by atoms with Crippen molar-refractivity contribution in [2.24, 2.45) is 11.7 Å². The highest BCUT2D eigenvalue weighted by Crippen LogP contribution is 2.33. The SMILES string of the molecule is Cc1cc(C(N)CC2CCCCCC2)c(C)s1. The fourth-order valence-electron chi connectivity index (χ4n) is 3.10. The maximum atomic E-state index is 6.40. The summed E-state index contributed by atoms with van der Waals surface area (Å²) >= 11 is 1.88. The molecule has 1 saturated carbocycles. The lowest BCUT2D eigenvalue weighted by Gasteiger charge is -2.19. The van der Waals surface area contributed by atoms with Gasteiger partial charge in [0.25, 0.3) is 0 Å². The van der Waals surface area contributed by atoms with E-state index in [2.05, 4.69) is 19.9 Å². The van der Waals surface area contributed by atoms with Crippen molar-refractivity contribution in [3.8, 4) is 0 Å². The molecule has 1 aromatic heterocycles. The van der Waals surface area contributed by atoms with Gasteiger partial charge in [-0.1, -0.05) is 38.5 Å². The topological polar surface area (TPSA) is 26.0 Å². The second-order valence-electron chi connectivity index (χ2n) is 5.57. The Morgan fingerprint density at radius 2 is 1.88 bits per heavy atom. The van der Waals surface area contributed by atoms with Crippen molar-refractivity contribution >= 4 is 11.3 Å². The van der Waals surface area contributed by atoms with E-state index in [0.717, 1.165) is 5.92 Å². The van der Waals surface area contributed by atoms with Gasteiger partial charge < -0.3 is 5.73 Å². The van der Waals surface area contributed by atoms with Crippen molar-refractivity contribution in [1.29, 1.82) is 0 Å². The molecule has 0 radical (unpaired) electrons. The highest BCUT2D eigenvalue weighted by atomic mass is 32.1. The van der Waals surface area contributed by atoms with Crippen molar-refractivity contribution in [1.82, 2.24) is 0 Å². The molecule has 17 heavy (non-hydrogen) atoms. The van der Waals surface area contributed by atoms with Crippen LogP contribution in [0.2, 0.25) is 0 Å². The molecule has 0 saturated heterocycles. The summed E-state index contributed by atoms with van der Waals surface area (Å²) in [5.41, 5.74) is 7.80. The lowest BCUT2D eigenvalue weighted by molar-refractivity contribution is 0.392. The van der Waals surface area contributed by atoms with E-state index < -0.39 is 0 Å². The van der Waals surface area contributed by atoms with Crippen LogP contribution in [0.4, 0.5) is 0 Å². The summed E-state index contributed by atoms with van der Waals surface area (Å²) < 4.78 is 0. The van der Waals surface area contributed by atoms with Crippen LogP contribution in [-0.2, 0) is 0 Å². The number of hydrogen-bond acceptors (Lipinski definition) is 2. The molecule has 1 aliphatic carbocycles. The normalized spacial score (nSPS) is 20.2. The van der Waals surface area contributed by atoms with Gasteiger partial charge in [-0.3, -0.25) is 0 Å². The van der Waals surface area contributed by atoms with Crippen LogP contribution in [0.15, 0.2) is 6.07 Å². The second kappa shape index (κ2) is 6.01. The van der Waals surface area contributed by atoms with Crippen LogP contribution in [0.1, 0.15) is 66.3 Å². The minimum atomic E-state index is 0.267. The third-order valence-electron chi connectivity index (χ3n) is 4.04. The zero-order valence-electron chi connectivity index (χ0n) is 11.2. The Morgan fingerprint density at radius 1 is 1.24 bits per heavy atom. The Bertz CT molecular complexity index is 348. The summed E-state index contributed by atoms with van der Waals surface area (Å²) in [5, 5.41) is 0. The Morgan fingerprint density at radius 3 is 2.41 bits per heavy atom. The van der Waals surface area contributed by atoms with Crippen LogP contribution in [0, 0.1) is 19.8 Å². The molecule has 1 unspecified atom stereocenters. The molecule has 1 fully saturated rings. The van der Waals surface area contributed by atoms with Gasteiger partial charge in [0.05, 0.1) is 0 Å². The lowest BCUT2D eigenvalue weighted by Crippen LogP contribution is -2.15. The highest BCUT2D eigenvalue weighted by molar-refractivity contribution is 7.12. The first-order chi connectivity index (χ1) is 8.16. The number of hydrogen-bond donors (Lipinski definition) is 1. The van der Waals surface area contributed by atoms with Crippen molar-refractivity contribution < 1.29 is 0 Å². The Labute approximate surface area is 109 Å². The standard InChI is InChI=1S/C15H25NS/c1-11-9-14(12(2)17-11)15(16)10-13-7-5-3-4-6-8-13/h9,13,15H,3-8,10,16H2,1-2H3. The Hall–Kier alpha value is -0.340. The maximum Gasteiger partial charge on any atom is 0.0308 e. The first-order valence-corrected chi connectivity index (χ1v) is 7.81. The van der Waals surface area contributed by atoms with E-state index in [1.54, 1.807) is 0 Å². The number of nitrogens with two attached hydrogens (primary N) is 1. The molecule has 0 aliphatic heterocycles. The van der Waals surface area contributed by atoms with Crippen molar-refractivity contribution in [2.45, 2.75) is 64.8 Å². The smallest absolute Gasteiger partial charge is 0.0308 e. The molecule has 1 heterocycles. The fourth-order valence-corrected chi connectivity index (χ4v) is 4.10. The molecular weight excluding hydrogens is 226 g/mol. The summed E-state index contributed by atoms with van der Waals surface area (Å²) in [5.74, 6) is 0.868. The first kappa shape index (κ1) is 13.1. The van der Waals surface area contributed by atoms with Crippen LogP contribution in [0.5, 0.6) is 0 Å². The molecule has 2 heteroatoms. The summed E-state index contributed by atoms with van der Waals surface area (Å²) in [6, 6.07) is 2.56. The third kappa shape index (κ3) is 3.56. The number of rotatable bonds is 3. The van der Waals surface area contributed by atoms with Gasteiger partial charge in [-0.15, -0.1) is 11.3 Å². The minimum Gasteiger partial charge on any atom is -0.324 e. The van der Waals surface area contributed by atoms with Gasteiger partial charge in [0, 0.05) is 15.8 Å². The summed E-state index contributed by atoms with van der Waals surface area (Å²) in [6.45, 7) is 4.39. The van der Waals surface area contributed by atoms with Crippen molar-refractivity contribution in [2.75, 3.05) is 0 Å². The predicted molar refractivity (Wildman–Crippen MR) is 76.5 cm³/mol. The molecular formula is C15H25NS. The summed E-state index contributed by atoms with van der Waals surface area (Å²) in [4.78, 5) is 2.82. The molecule has 2 rings (SSSR count). The fraction of sp³-hybridized carbons (Fsp3) is 0.733. The minimum absolute atomic E-state index is 0.267. The van der Waals surface area contributed by atoms with E-state index in [1.165, 1.54) is 60.3 Å². The van der Waals surface area contributed by atoms with Gasteiger partial charge in [0.2, 0.25) is 0 Å². The molecule has 0 bridgehead atoms. The van der Waals surface area contributed by atoms with Gasteiger partial charge >= 0.3 is 0 Å². The van der Waals surface area contributed by atoms with Crippen molar-refractivity contribution in [3.63, 3.8) is 0 Å². The zero-order valence-corrected chi connectivity index (χ0v) is 12.0. The Balaban J connectivity index is 1.95.